The highest BCUT2D eigenvalue weighted by Gasteiger charge is 2.38. The van der Waals surface area contributed by atoms with E-state index in [9.17, 15) is 26.7 Å². The standard InChI is InChI=1S/C20H20F2N4O2.C2HF3O2/c21-19(22)17-18(26-12-2-1-3-16(26)25-17)20(27)24-13-4-6-14(7-5-13)28-15-8-10-23-11-9-15;3-2(4,5)1(6)7/h1-7,12,15,19,23H,8-11H2,(H,24,27);(H,6,7). The fraction of sp³-hybridized carbons (Fsp3) is 0.318. The Labute approximate surface area is 195 Å². The lowest BCUT2D eigenvalue weighted by Crippen LogP contribution is -2.34. The molecule has 3 aromatic rings. The maximum atomic E-state index is 13.4. The minimum atomic E-state index is -5.08. The number of rotatable bonds is 5. The van der Waals surface area contributed by atoms with Crippen LogP contribution in [0.2, 0.25) is 0 Å². The second-order valence-corrected chi connectivity index (χ2v) is 7.42. The summed E-state index contributed by atoms with van der Waals surface area (Å²) in [4.78, 5) is 25.4. The van der Waals surface area contributed by atoms with Gasteiger partial charge >= 0.3 is 12.1 Å². The molecule has 1 amide bonds. The molecule has 1 aliphatic rings. The Bertz CT molecular complexity index is 1160. The van der Waals surface area contributed by atoms with Gasteiger partial charge in [0, 0.05) is 11.9 Å². The molecule has 1 aromatic carbocycles. The normalized spacial score (nSPS) is 14.3. The van der Waals surface area contributed by atoms with Crippen molar-refractivity contribution in [2.75, 3.05) is 18.4 Å². The van der Waals surface area contributed by atoms with Crippen LogP contribution >= 0.6 is 0 Å². The van der Waals surface area contributed by atoms with E-state index >= 15 is 0 Å². The number of piperidine rings is 1. The minimum Gasteiger partial charge on any atom is -0.490 e. The van der Waals surface area contributed by atoms with E-state index < -0.39 is 30.2 Å². The van der Waals surface area contributed by atoms with E-state index in [-0.39, 0.29) is 11.8 Å². The maximum Gasteiger partial charge on any atom is 0.490 e. The van der Waals surface area contributed by atoms with Crippen LogP contribution in [-0.4, -0.2) is 51.7 Å². The number of fused-ring (bicyclic) bond motifs is 1. The van der Waals surface area contributed by atoms with Gasteiger partial charge in [-0.25, -0.2) is 18.6 Å². The molecule has 1 aliphatic heterocycles. The molecule has 0 unspecified atom stereocenters. The lowest BCUT2D eigenvalue weighted by Gasteiger charge is -2.23. The fourth-order valence-corrected chi connectivity index (χ4v) is 3.30. The number of pyridine rings is 1. The zero-order chi connectivity index (χ0) is 25.6. The van der Waals surface area contributed by atoms with Crippen LogP contribution in [0.3, 0.4) is 0 Å². The van der Waals surface area contributed by atoms with Crippen LogP contribution in [0, 0.1) is 0 Å². The van der Waals surface area contributed by atoms with Crippen molar-refractivity contribution in [1.82, 2.24) is 14.7 Å². The molecule has 0 saturated carbocycles. The molecule has 35 heavy (non-hydrogen) atoms. The summed E-state index contributed by atoms with van der Waals surface area (Å²) >= 11 is 0. The zero-order valence-corrected chi connectivity index (χ0v) is 18.1. The van der Waals surface area contributed by atoms with Crippen molar-refractivity contribution in [3.05, 3.63) is 60.0 Å². The van der Waals surface area contributed by atoms with Gasteiger partial charge in [-0.2, -0.15) is 13.2 Å². The summed E-state index contributed by atoms with van der Waals surface area (Å²) in [6, 6.07) is 11.8. The zero-order valence-electron chi connectivity index (χ0n) is 18.1. The first-order chi connectivity index (χ1) is 16.6. The van der Waals surface area contributed by atoms with E-state index in [0.717, 1.165) is 25.9 Å². The van der Waals surface area contributed by atoms with Crippen LogP contribution in [0.25, 0.3) is 5.65 Å². The molecule has 188 valence electrons. The Kier molecular flexibility index (Phi) is 8.22. The molecule has 0 radical (unpaired) electrons. The summed E-state index contributed by atoms with van der Waals surface area (Å²) in [5.74, 6) is -2.68. The number of carbonyl (C=O) groups excluding carboxylic acids is 1. The fourth-order valence-electron chi connectivity index (χ4n) is 3.30. The highest BCUT2D eigenvalue weighted by Crippen LogP contribution is 2.25. The summed E-state index contributed by atoms with van der Waals surface area (Å²) in [5.41, 5.74) is 0.0950. The van der Waals surface area contributed by atoms with Gasteiger partial charge in [-0.3, -0.25) is 9.20 Å². The molecule has 0 bridgehead atoms. The molecule has 1 fully saturated rings. The number of benzene rings is 1. The molecule has 0 aliphatic carbocycles. The third-order valence-corrected chi connectivity index (χ3v) is 4.92. The molecule has 0 spiro atoms. The molecule has 8 nitrogen and oxygen atoms in total. The second kappa shape index (κ2) is 11.1. The van der Waals surface area contributed by atoms with Crippen LogP contribution in [-0.2, 0) is 4.79 Å². The number of anilines is 1. The number of carboxylic acids is 1. The molecule has 2 aromatic heterocycles. The van der Waals surface area contributed by atoms with Crippen molar-refractivity contribution in [2.45, 2.75) is 31.5 Å². The van der Waals surface area contributed by atoms with E-state index in [4.69, 9.17) is 14.6 Å². The lowest BCUT2D eigenvalue weighted by molar-refractivity contribution is -0.192. The number of aliphatic carboxylic acids is 1. The van der Waals surface area contributed by atoms with Crippen molar-refractivity contribution in [3.63, 3.8) is 0 Å². The van der Waals surface area contributed by atoms with Crippen molar-refractivity contribution in [1.29, 1.82) is 0 Å². The minimum absolute atomic E-state index is 0.166. The third-order valence-electron chi connectivity index (χ3n) is 4.92. The summed E-state index contributed by atoms with van der Waals surface area (Å²) in [6.45, 7) is 1.87. The largest absolute Gasteiger partial charge is 0.490 e. The Morgan fingerprint density at radius 1 is 1.11 bits per heavy atom. The average molecular weight is 500 g/mol. The topological polar surface area (TPSA) is 105 Å². The first-order valence-corrected chi connectivity index (χ1v) is 10.4. The molecule has 13 heteroatoms. The number of amides is 1. The molecule has 3 heterocycles. The van der Waals surface area contributed by atoms with Gasteiger partial charge in [0.15, 0.2) is 0 Å². The van der Waals surface area contributed by atoms with E-state index in [0.29, 0.717) is 17.1 Å². The summed E-state index contributed by atoms with van der Waals surface area (Å²) in [6.07, 6.45) is -4.32. The number of imidazole rings is 1. The molecule has 1 saturated heterocycles. The van der Waals surface area contributed by atoms with Gasteiger partial charge in [0.1, 0.15) is 28.9 Å². The highest BCUT2D eigenvalue weighted by atomic mass is 19.4. The van der Waals surface area contributed by atoms with Gasteiger partial charge in [-0.05, 0) is 62.3 Å². The number of alkyl halides is 5. The second-order valence-electron chi connectivity index (χ2n) is 7.42. The van der Waals surface area contributed by atoms with Gasteiger partial charge in [0.25, 0.3) is 12.3 Å². The number of nitrogens with one attached hydrogen (secondary N) is 2. The van der Waals surface area contributed by atoms with Crippen LogP contribution in [0.15, 0.2) is 48.7 Å². The maximum absolute atomic E-state index is 13.4. The smallest absolute Gasteiger partial charge is 0.490 e. The predicted molar refractivity (Wildman–Crippen MR) is 115 cm³/mol. The number of aromatic nitrogens is 2. The molecular formula is C22H21F5N4O4. The number of ether oxygens (including phenoxy) is 1. The Morgan fingerprint density at radius 2 is 1.74 bits per heavy atom. The predicted octanol–water partition coefficient (Wildman–Crippen LogP) is 4.29. The van der Waals surface area contributed by atoms with Gasteiger partial charge in [0.2, 0.25) is 0 Å². The number of hydrogen-bond donors (Lipinski definition) is 3. The van der Waals surface area contributed by atoms with Crippen LogP contribution in [0.1, 0.15) is 35.4 Å². The average Bonchev–Trinajstić information content (AvgIpc) is 3.21. The third kappa shape index (κ3) is 6.88. The van der Waals surface area contributed by atoms with Crippen LogP contribution < -0.4 is 15.4 Å². The van der Waals surface area contributed by atoms with Crippen molar-refractivity contribution >= 4 is 23.2 Å². The number of carbonyl (C=O) groups is 2. The molecular weight excluding hydrogens is 479 g/mol. The van der Waals surface area contributed by atoms with E-state index in [1.807, 2.05) is 0 Å². The van der Waals surface area contributed by atoms with Crippen molar-refractivity contribution < 1.29 is 41.4 Å². The van der Waals surface area contributed by atoms with Crippen LogP contribution in [0.4, 0.5) is 27.6 Å². The highest BCUT2D eigenvalue weighted by molar-refractivity contribution is 6.04. The Balaban J connectivity index is 0.000000429. The molecule has 4 rings (SSSR count). The Hall–Kier alpha value is -3.74. The molecule has 3 N–H and O–H groups in total. The van der Waals surface area contributed by atoms with Crippen LogP contribution in [0.5, 0.6) is 5.75 Å². The summed E-state index contributed by atoms with van der Waals surface area (Å²) < 4.78 is 65.8. The van der Waals surface area contributed by atoms with Gasteiger partial charge in [0.05, 0.1) is 0 Å². The van der Waals surface area contributed by atoms with Gasteiger partial charge in [-0.15, -0.1) is 0 Å². The quantitative estimate of drug-likeness (QED) is 0.452. The SMILES string of the molecule is O=C(Nc1ccc(OC2CCNCC2)cc1)c1c(C(F)F)nc2ccccn12.O=C(O)C(F)(F)F. The van der Waals surface area contributed by atoms with E-state index in [1.54, 1.807) is 48.7 Å². The van der Waals surface area contributed by atoms with Gasteiger partial charge in [-0.1, -0.05) is 6.07 Å². The number of hydrogen-bond acceptors (Lipinski definition) is 5. The van der Waals surface area contributed by atoms with E-state index in [1.165, 1.54) is 4.40 Å². The van der Waals surface area contributed by atoms with E-state index in [2.05, 4.69) is 15.6 Å². The van der Waals surface area contributed by atoms with Crippen molar-refractivity contribution in [2.24, 2.45) is 0 Å². The first kappa shape index (κ1) is 25.9. The number of halogens is 5. The number of nitrogens with zero attached hydrogens (tertiary/aromatic N) is 2. The molecule has 0 atom stereocenters. The summed E-state index contributed by atoms with van der Waals surface area (Å²) in [7, 11) is 0. The monoisotopic (exact) mass is 500 g/mol. The first-order valence-electron chi connectivity index (χ1n) is 10.4. The van der Waals surface area contributed by atoms with Gasteiger partial charge < -0.3 is 20.5 Å². The Morgan fingerprint density at radius 3 is 2.31 bits per heavy atom. The summed E-state index contributed by atoms with van der Waals surface area (Å²) in [5, 5.41) is 13.1. The number of carboxylic acid groups (broad SMARTS) is 1. The van der Waals surface area contributed by atoms with Crippen molar-refractivity contribution in [3.8, 4) is 5.75 Å². The lowest BCUT2D eigenvalue weighted by atomic mass is 10.1.